The zero-order valence-electron chi connectivity index (χ0n) is 30.8. The first-order valence-electron chi connectivity index (χ1n) is 19.2. The fraction of sp³-hybridized carbons (Fsp3) is 0. The topological polar surface area (TPSA) is 8.17 Å². The van der Waals surface area contributed by atoms with Crippen LogP contribution in [0.25, 0.3) is 72.0 Å². The molecule has 0 aliphatic rings. The lowest BCUT2D eigenvalue weighted by Gasteiger charge is -2.26. The minimum atomic E-state index is 1.10. The summed E-state index contributed by atoms with van der Waals surface area (Å²) in [6, 6.07) is 82.9. The van der Waals surface area contributed by atoms with Gasteiger partial charge < -0.3 is 9.47 Å². The fourth-order valence-electron chi connectivity index (χ4n) is 8.08. The molecule has 0 saturated heterocycles. The van der Waals surface area contributed by atoms with Crippen molar-refractivity contribution in [2.24, 2.45) is 0 Å². The predicted molar refractivity (Wildman–Crippen MR) is 237 cm³/mol. The molecule has 0 radical (unpaired) electrons. The van der Waals surface area contributed by atoms with E-state index in [1.54, 1.807) is 0 Å². The van der Waals surface area contributed by atoms with Crippen molar-refractivity contribution in [2.75, 3.05) is 4.90 Å². The van der Waals surface area contributed by atoms with Crippen LogP contribution in [-0.4, -0.2) is 4.57 Å². The molecule has 0 aliphatic heterocycles. The summed E-state index contributed by atoms with van der Waals surface area (Å²) in [6.45, 7) is 0. The lowest BCUT2D eigenvalue weighted by molar-refractivity contribution is 1.18. The van der Waals surface area contributed by atoms with Gasteiger partial charge in [-0.15, -0.1) is 0 Å². The van der Waals surface area contributed by atoms with E-state index in [9.17, 15) is 0 Å². The third-order valence-electron chi connectivity index (χ3n) is 10.8. The van der Waals surface area contributed by atoms with E-state index in [1.807, 2.05) is 0 Å². The van der Waals surface area contributed by atoms with Crippen LogP contribution in [0.2, 0.25) is 0 Å². The Morgan fingerprint density at radius 1 is 0.286 bits per heavy atom. The van der Waals surface area contributed by atoms with Crippen LogP contribution in [0.3, 0.4) is 0 Å². The average molecular weight is 715 g/mol. The lowest BCUT2D eigenvalue weighted by atomic mass is 10.0. The smallest absolute Gasteiger partial charge is 0.0619 e. The minimum Gasteiger partial charge on any atom is -0.311 e. The molecule has 0 bridgehead atoms. The Balaban J connectivity index is 1.04. The molecule has 1 aromatic heterocycles. The Kier molecular flexibility index (Phi) is 8.55. The quantitative estimate of drug-likeness (QED) is 0.152. The molecule has 0 fully saturated rings. The van der Waals surface area contributed by atoms with Gasteiger partial charge in [-0.05, 0) is 93.5 Å². The maximum absolute atomic E-state index is 2.44. The molecule has 0 unspecified atom stereocenters. The van der Waals surface area contributed by atoms with Crippen LogP contribution in [0.4, 0.5) is 17.1 Å². The lowest BCUT2D eigenvalue weighted by Crippen LogP contribution is -2.09. The summed E-state index contributed by atoms with van der Waals surface area (Å²) in [5.41, 5.74) is 16.5. The van der Waals surface area contributed by atoms with Crippen molar-refractivity contribution in [2.45, 2.75) is 0 Å². The van der Waals surface area contributed by atoms with Gasteiger partial charge in [-0.25, -0.2) is 0 Å². The molecule has 0 saturated carbocycles. The highest BCUT2D eigenvalue weighted by molar-refractivity contribution is 6.13. The highest BCUT2D eigenvalue weighted by atomic mass is 15.1. The molecule has 264 valence electrons. The van der Waals surface area contributed by atoms with E-state index < -0.39 is 0 Å². The van der Waals surface area contributed by atoms with Crippen LogP contribution in [0.5, 0.6) is 0 Å². The SMILES string of the molecule is c1ccc(-c2ccc(N(c3ccc(-c4ccccc4)cc3)c3ccc(-c4cccc(-n5c6ccccc6c6cccc(-c7ccccc7)c65)c4)cc3)cc2)cc1. The summed E-state index contributed by atoms with van der Waals surface area (Å²) in [5.74, 6) is 0. The second-order valence-electron chi connectivity index (χ2n) is 14.2. The van der Waals surface area contributed by atoms with Crippen molar-refractivity contribution in [3.63, 3.8) is 0 Å². The number of rotatable bonds is 8. The van der Waals surface area contributed by atoms with Crippen molar-refractivity contribution in [1.29, 1.82) is 0 Å². The molecule has 2 heteroatoms. The molecular formula is C54H38N2. The first-order chi connectivity index (χ1) is 27.8. The van der Waals surface area contributed by atoms with Crippen molar-refractivity contribution < 1.29 is 0 Å². The molecule has 1 heterocycles. The molecule has 0 aliphatic carbocycles. The highest BCUT2D eigenvalue weighted by Crippen LogP contribution is 2.40. The number of nitrogens with zero attached hydrogens (tertiary/aromatic N) is 2. The van der Waals surface area contributed by atoms with Crippen molar-refractivity contribution >= 4 is 38.9 Å². The number of anilines is 3. The van der Waals surface area contributed by atoms with Gasteiger partial charge in [0.25, 0.3) is 0 Å². The van der Waals surface area contributed by atoms with E-state index in [-0.39, 0.29) is 0 Å². The first-order valence-corrected chi connectivity index (χ1v) is 19.2. The minimum absolute atomic E-state index is 1.10. The average Bonchev–Trinajstić information content (AvgIpc) is 3.63. The number of fused-ring (bicyclic) bond motifs is 3. The van der Waals surface area contributed by atoms with Crippen molar-refractivity contribution in [3.8, 4) is 50.2 Å². The van der Waals surface area contributed by atoms with Gasteiger partial charge in [0.05, 0.1) is 11.0 Å². The van der Waals surface area contributed by atoms with Crippen LogP contribution in [0, 0.1) is 0 Å². The number of aromatic nitrogens is 1. The number of para-hydroxylation sites is 2. The Morgan fingerprint density at radius 2 is 0.696 bits per heavy atom. The maximum Gasteiger partial charge on any atom is 0.0619 e. The van der Waals surface area contributed by atoms with E-state index in [0.717, 1.165) is 22.7 Å². The third-order valence-corrected chi connectivity index (χ3v) is 10.8. The normalized spacial score (nSPS) is 11.2. The number of benzene rings is 9. The molecule has 0 spiro atoms. The Bertz CT molecular complexity index is 2830. The van der Waals surface area contributed by atoms with Gasteiger partial charge in [-0.3, -0.25) is 0 Å². The van der Waals surface area contributed by atoms with Crippen LogP contribution < -0.4 is 4.90 Å². The summed E-state index contributed by atoms with van der Waals surface area (Å²) in [4.78, 5) is 2.34. The molecule has 0 atom stereocenters. The second kappa shape index (κ2) is 14.4. The molecule has 2 nitrogen and oxygen atoms in total. The van der Waals surface area contributed by atoms with Crippen LogP contribution >= 0.6 is 0 Å². The Morgan fingerprint density at radius 3 is 1.25 bits per heavy atom. The number of hydrogen-bond acceptors (Lipinski definition) is 1. The van der Waals surface area contributed by atoms with E-state index in [4.69, 9.17) is 0 Å². The molecule has 9 aromatic carbocycles. The fourth-order valence-corrected chi connectivity index (χ4v) is 8.08. The monoisotopic (exact) mass is 714 g/mol. The van der Waals surface area contributed by atoms with Crippen molar-refractivity contribution in [1.82, 2.24) is 4.57 Å². The van der Waals surface area contributed by atoms with Gasteiger partial charge in [0.2, 0.25) is 0 Å². The van der Waals surface area contributed by atoms with E-state index in [1.165, 1.54) is 66.3 Å². The molecule has 56 heavy (non-hydrogen) atoms. The van der Waals surface area contributed by atoms with E-state index >= 15 is 0 Å². The summed E-state index contributed by atoms with van der Waals surface area (Å²) >= 11 is 0. The Hall–Kier alpha value is -7.42. The van der Waals surface area contributed by atoms with Gasteiger partial charge in [0.15, 0.2) is 0 Å². The molecule has 0 amide bonds. The van der Waals surface area contributed by atoms with Gasteiger partial charge in [0.1, 0.15) is 0 Å². The third kappa shape index (κ3) is 6.14. The molecule has 10 aromatic rings. The van der Waals surface area contributed by atoms with Crippen LogP contribution in [-0.2, 0) is 0 Å². The van der Waals surface area contributed by atoms with Crippen LogP contribution in [0.15, 0.2) is 231 Å². The van der Waals surface area contributed by atoms with Crippen molar-refractivity contribution in [3.05, 3.63) is 231 Å². The van der Waals surface area contributed by atoms with Gasteiger partial charge in [-0.1, -0.05) is 176 Å². The Labute approximate surface area is 327 Å². The maximum atomic E-state index is 2.44. The zero-order chi connectivity index (χ0) is 37.3. The first kappa shape index (κ1) is 33.2. The second-order valence-corrected chi connectivity index (χ2v) is 14.2. The predicted octanol–water partition coefficient (Wildman–Crippen LogP) is 14.9. The van der Waals surface area contributed by atoms with E-state index in [0.29, 0.717) is 0 Å². The van der Waals surface area contributed by atoms with Gasteiger partial charge in [0, 0.05) is 39.1 Å². The number of hydrogen-bond donors (Lipinski definition) is 0. The highest BCUT2D eigenvalue weighted by Gasteiger charge is 2.18. The zero-order valence-corrected chi connectivity index (χ0v) is 30.8. The molecule has 10 rings (SSSR count). The summed E-state index contributed by atoms with van der Waals surface area (Å²) in [5, 5.41) is 2.51. The summed E-state index contributed by atoms with van der Waals surface area (Å²) < 4.78 is 2.44. The standard InChI is InChI=1S/C54H38N2/c1-4-14-39(15-5-1)41-26-32-46(33-27-41)55(47-34-28-42(29-35-47)40-16-6-2-7-17-40)48-36-30-43(31-37-48)45-20-12-21-49(38-45)56-53-25-11-10-22-51(53)52-24-13-23-50(54(52)56)44-18-8-3-9-19-44/h1-38H. The molecular weight excluding hydrogens is 677 g/mol. The molecule has 0 N–H and O–H groups in total. The van der Waals surface area contributed by atoms with Gasteiger partial charge >= 0.3 is 0 Å². The largest absolute Gasteiger partial charge is 0.311 e. The van der Waals surface area contributed by atoms with Crippen LogP contribution in [0.1, 0.15) is 0 Å². The van der Waals surface area contributed by atoms with E-state index in [2.05, 4.69) is 240 Å². The summed E-state index contributed by atoms with van der Waals surface area (Å²) in [7, 11) is 0. The van der Waals surface area contributed by atoms with Gasteiger partial charge in [-0.2, -0.15) is 0 Å². The summed E-state index contributed by atoms with van der Waals surface area (Å²) in [6.07, 6.45) is 0.